The highest BCUT2D eigenvalue weighted by Crippen LogP contribution is 2.37. The molecule has 0 amide bonds. The van der Waals surface area contributed by atoms with Gasteiger partial charge in [0.2, 0.25) is 0 Å². The molecule has 0 aromatic carbocycles. The first-order valence-corrected chi connectivity index (χ1v) is 7.10. The lowest BCUT2D eigenvalue weighted by molar-refractivity contribution is 0.0371. The molecule has 3 heteroatoms. The van der Waals surface area contributed by atoms with E-state index in [9.17, 15) is 5.11 Å². The summed E-state index contributed by atoms with van der Waals surface area (Å²) >= 11 is 0. The molecule has 0 saturated heterocycles. The van der Waals surface area contributed by atoms with Gasteiger partial charge in [-0.15, -0.1) is 0 Å². The van der Waals surface area contributed by atoms with Crippen molar-refractivity contribution >= 4 is 0 Å². The van der Waals surface area contributed by atoms with Gasteiger partial charge in [0.15, 0.2) is 0 Å². The third kappa shape index (κ3) is 3.94. The second-order valence-corrected chi connectivity index (χ2v) is 5.41. The van der Waals surface area contributed by atoms with Gasteiger partial charge in [0.25, 0.3) is 0 Å². The van der Waals surface area contributed by atoms with Gasteiger partial charge in [-0.2, -0.15) is 0 Å². The van der Waals surface area contributed by atoms with Crippen LogP contribution in [0.15, 0.2) is 0 Å². The normalized spacial score (nSPS) is 30.7. The second kappa shape index (κ2) is 7.34. The summed E-state index contributed by atoms with van der Waals surface area (Å²) in [6, 6.07) is 0. The average molecular weight is 243 g/mol. The molecule has 1 aliphatic rings. The van der Waals surface area contributed by atoms with Gasteiger partial charge in [0, 0.05) is 12.1 Å². The van der Waals surface area contributed by atoms with Crippen molar-refractivity contribution in [3.8, 4) is 0 Å². The summed E-state index contributed by atoms with van der Waals surface area (Å²) in [5.74, 6) is 0.561. The molecule has 1 fully saturated rings. The van der Waals surface area contributed by atoms with Crippen molar-refractivity contribution in [3.63, 3.8) is 0 Å². The van der Waals surface area contributed by atoms with Crippen molar-refractivity contribution in [2.75, 3.05) is 20.3 Å². The molecule has 0 aromatic heterocycles. The molecule has 1 aliphatic carbocycles. The van der Waals surface area contributed by atoms with E-state index in [0.717, 1.165) is 25.9 Å². The molecule has 102 valence electrons. The molecule has 1 saturated carbocycles. The summed E-state index contributed by atoms with van der Waals surface area (Å²) in [6.45, 7) is 5.41. The first-order chi connectivity index (χ1) is 8.18. The third-order valence-electron chi connectivity index (χ3n) is 4.30. The van der Waals surface area contributed by atoms with E-state index in [1.165, 1.54) is 19.3 Å². The fourth-order valence-electron chi connectivity index (χ4n) is 3.08. The van der Waals surface area contributed by atoms with E-state index in [4.69, 9.17) is 4.74 Å². The van der Waals surface area contributed by atoms with E-state index in [1.54, 1.807) is 0 Å². The summed E-state index contributed by atoms with van der Waals surface area (Å²) in [5.41, 5.74) is -0.0443. The largest absolute Gasteiger partial charge is 0.394 e. The van der Waals surface area contributed by atoms with Gasteiger partial charge in [-0.05, 0) is 45.6 Å². The lowest BCUT2D eigenvalue weighted by Gasteiger charge is -2.33. The van der Waals surface area contributed by atoms with Crippen molar-refractivity contribution in [3.05, 3.63) is 0 Å². The van der Waals surface area contributed by atoms with Crippen LogP contribution in [0, 0.1) is 5.92 Å². The van der Waals surface area contributed by atoms with E-state index < -0.39 is 0 Å². The number of nitrogens with one attached hydrogen (secondary N) is 1. The van der Waals surface area contributed by atoms with Crippen molar-refractivity contribution in [1.82, 2.24) is 5.32 Å². The Kier molecular flexibility index (Phi) is 6.45. The van der Waals surface area contributed by atoms with Crippen LogP contribution in [0.4, 0.5) is 0 Å². The molecule has 3 nitrogen and oxygen atoms in total. The van der Waals surface area contributed by atoms with Crippen LogP contribution in [0.1, 0.15) is 52.4 Å². The first kappa shape index (κ1) is 14.9. The van der Waals surface area contributed by atoms with Gasteiger partial charge in [0.1, 0.15) is 0 Å². The molecule has 0 radical (unpaired) electrons. The number of aliphatic hydroxyl groups excluding tert-OH is 1. The van der Waals surface area contributed by atoms with Gasteiger partial charge >= 0.3 is 0 Å². The molecule has 0 aliphatic heterocycles. The zero-order chi connectivity index (χ0) is 12.7. The molecule has 17 heavy (non-hydrogen) atoms. The van der Waals surface area contributed by atoms with Crippen LogP contribution in [0.2, 0.25) is 0 Å². The Hall–Kier alpha value is -0.120. The smallest absolute Gasteiger partial charge is 0.0615 e. The molecular weight excluding hydrogens is 214 g/mol. The quantitative estimate of drug-likeness (QED) is 0.687. The van der Waals surface area contributed by atoms with E-state index in [-0.39, 0.29) is 12.1 Å². The monoisotopic (exact) mass is 243 g/mol. The van der Waals surface area contributed by atoms with Crippen LogP contribution in [-0.2, 0) is 4.74 Å². The summed E-state index contributed by atoms with van der Waals surface area (Å²) in [7, 11) is 1.97. The predicted molar refractivity (Wildman–Crippen MR) is 71.2 cm³/mol. The van der Waals surface area contributed by atoms with Crippen LogP contribution < -0.4 is 5.32 Å². The molecule has 0 spiro atoms. The van der Waals surface area contributed by atoms with Crippen LogP contribution in [0.3, 0.4) is 0 Å². The molecule has 0 heterocycles. The number of hydrogen-bond acceptors (Lipinski definition) is 3. The molecular formula is C14H29NO2. The fraction of sp³-hybridized carbons (Fsp3) is 1.00. The number of likely N-dealkylation sites (N-methyl/N-ethyl adjacent to an activating group) is 1. The van der Waals surface area contributed by atoms with E-state index in [1.807, 2.05) is 7.05 Å². The Balaban J connectivity index is 2.30. The van der Waals surface area contributed by atoms with Gasteiger partial charge in [0.05, 0.1) is 12.7 Å². The maximum atomic E-state index is 9.58. The van der Waals surface area contributed by atoms with Crippen molar-refractivity contribution in [2.45, 2.75) is 64.0 Å². The lowest BCUT2D eigenvalue weighted by Crippen LogP contribution is -2.49. The maximum Gasteiger partial charge on any atom is 0.0615 e. The first-order valence-electron chi connectivity index (χ1n) is 7.10. The van der Waals surface area contributed by atoms with E-state index in [2.05, 4.69) is 19.2 Å². The number of ether oxygens (including phenoxy) is 1. The lowest BCUT2D eigenvalue weighted by atomic mass is 9.85. The molecule has 0 bridgehead atoms. The molecule has 3 atom stereocenters. The number of rotatable bonds is 8. The minimum atomic E-state index is -0.0443. The molecule has 0 aromatic rings. The van der Waals surface area contributed by atoms with Crippen molar-refractivity contribution in [1.29, 1.82) is 0 Å². The van der Waals surface area contributed by atoms with Crippen LogP contribution >= 0.6 is 0 Å². The van der Waals surface area contributed by atoms with Gasteiger partial charge in [-0.1, -0.05) is 19.8 Å². The van der Waals surface area contributed by atoms with Crippen LogP contribution in [0.5, 0.6) is 0 Å². The predicted octanol–water partition coefficient (Wildman–Crippen LogP) is 2.33. The summed E-state index contributed by atoms with van der Waals surface area (Å²) in [5, 5.41) is 12.9. The SMILES string of the molecule is CCCC(C)OCCC1CCCC1(CO)NC. The average Bonchev–Trinajstić information content (AvgIpc) is 2.73. The van der Waals surface area contributed by atoms with Gasteiger partial charge < -0.3 is 15.2 Å². The van der Waals surface area contributed by atoms with E-state index >= 15 is 0 Å². The third-order valence-corrected chi connectivity index (χ3v) is 4.30. The zero-order valence-corrected chi connectivity index (χ0v) is 11.7. The number of aliphatic hydroxyl groups is 1. The topological polar surface area (TPSA) is 41.5 Å². The zero-order valence-electron chi connectivity index (χ0n) is 11.7. The highest BCUT2D eigenvalue weighted by atomic mass is 16.5. The molecule has 2 N–H and O–H groups in total. The van der Waals surface area contributed by atoms with Crippen molar-refractivity contribution < 1.29 is 9.84 Å². The van der Waals surface area contributed by atoms with E-state index in [0.29, 0.717) is 12.0 Å². The van der Waals surface area contributed by atoms with Crippen LogP contribution in [-0.4, -0.2) is 37.0 Å². The highest BCUT2D eigenvalue weighted by Gasteiger charge is 2.40. The Morgan fingerprint density at radius 2 is 2.29 bits per heavy atom. The highest BCUT2D eigenvalue weighted by molar-refractivity contribution is 4.97. The Bertz CT molecular complexity index is 204. The minimum Gasteiger partial charge on any atom is -0.394 e. The summed E-state index contributed by atoms with van der Waals surface area (Å²) < 4.78 is 5.82. The summed E-state index contributed by atoms with van der Waals surface area (Å²) in [4.78, 5) is 0. The Morgan fingerprint density at radius 3 is 2.88 bits per heavy atom. The fourth-order valence-corrected chi connectivity index (χ4v) is 3.08. The van der Waals surface area contributed by atoms with Crippen LogP contribution in [0.25, 0.3) is 0 Å². The minimum absolute atomic E-state index is 0.0443. The maximum absolute atomic E-state index is 9.58. The Labute approximate surface area is 106 Å². The van der Waals surface area contributed by atoms with Gasteiger partial charge in [-0.25, -0.2) is 0 Å². The standard InChI is InChI=1S/C14H29NO2/c1-4-6-12(2)17-10-8-13-7-5-9-14(13,11-16)15-3/h12-13,15-16H,4-11H2,1-3H3. The number of hydrogen-bond donors (Lipinski definition) is 2. The van der Waals surface area contributed by atoms with Crippen molar-refractivity contribution in [2.24, 2.45) is 5.92 Å². The molecule has 3 unspecified atom stereocenters. The molecule has 1 rings (SSSR count). The Morgan fingerprint density at radius 1 is 1.53 bits per heavy atom. The van der Waals surface area contributed by atoms with Gasteiger partial charge in [-0.3, -0.25) is 0 Å². The summed E-state index contributed by atoms with van der Waals surface area (Å²) in [6.07, 6.45) is 7.29. The second-order valence-electron chi connectivity index (χ2n) is 5.41.